The summed E-state index contributed by atoms with van der Waals surface area (Å²) in [5.41, 5.74) is 1.02. The molecule has 3 aliphatic rings. The Hall–Kier alpha value is -2.13. The standard InChI is InChI=1S/C23H33N3O5S/c1-3-19-23(28)25-18-12-15(2)21(13-20(18)31-19)32(29,30)26-11-7-8-16(14-26)22(27)24-17-9-5-4-6-10-17/h12-13,16-17,19H,3-11,14H2,1-2H3,(H,24,27)(H,25,28)/t16-,19-/m0/s1. The third-order valence-electron chi connectivity index (χ3n) is 6.79. The van der Waals surface area contributed by atoms with Crippen molar-refractivity contribution in [3.63, 3.8) is 0 Å². The lowest BCUT2D eigenvalue weighted by molar-refractivity contribution is -0.127. The fourth-order valence-electron chi connectivity index (χ4n) is 4.91. The number of amides is 2. The van der Waals surface area contributed by atoms with Gasteiger partial charge in [-0.25, -0.2) is 8.42 Å². The second kappa shape index (κ2) is 9.39. The number of aryl methyl sites for hydroxylation is 1. The van der Waals surface area contributed by atoms with Crippen molar-refractivity contribution in [2.75, 3.05) is 18.4 Å². The molecule has 0 aromatic heterocycles. The zero-order chi connectivity index (χ0) is 22.9. The van der Waals surface area contributed by atoms with Gasteiger partial charge < -0.3 is 15.4 Å². The molecule has 32 heavy (non-hydrogen) atoms. The van der Waals surface area contributed by atoms with E-state index in [2.05, 4.69) is 10.6 Å². The molecule has 0 bridgehead atoms. The van der Waals surface area contributed by atoms with Gasteiger partial charge in [-0.1, -0.05) is 26.2 Å². The lowest BCUT2D eigenvalue weighted by atomic mass is 9.93. The van der Waals surface area contributed by atoms with Crippen molar-refractivity contribution >= 4 is 27.5 Å². The van der Waals surface area contributed by atoms with E-state index >= 15 is 0 Å². The molecular formula is C23H33N3O5S. The summed E-state index contributed by atoms with van der Waals surface area (Å²) in [6.07, 6.45) is 6.69. The molecule has 4 rings (SSSR count). The molecule has 0 spiro atoms. The molecule has 2 atom stereocenters. The summed E-state index contributed by atoms with van der Waals surface area (Å²) in [6, 6.07) is 3.36. The molecule has 176 valence electrons. The van der Waals surface area contributed by atoms with E-state index in [0.717, 1.165) is 25.7 Å². The molecule has 1 saturated heterocycles. The quantitative estimate of drug-likeness (QED) is 0.699. The SMILES string of the molecule is CC[C@@H]1Oc2cc(S(=O)(=O)N3CCC[C@H](C(=O)NC4CCCCC4)C3)c(C)cc2NC1=O. The maximum Gasteiger partial charge on any atom is 0.265 e. The number of hydrogen-bond acceptors (Lipinski definition) is 5. The largest absolute Gasteiger partial charge is 0.478 e. The Balaban J connectivity index is 1.51. The van der Waals surface area contributed by atoms with Crippen molar-refractivity contribution in [2.24, 2.45) is 5.92 Å². The number of piperidine rings is 1. The highest BCUT2D eigenvalue weighted by Crippen LogP contribution is 2.36. The van der Waals surface area contributed by atoms with E-state index in [4.69, 9.17) is 4.74 Å². The first-order chi connectivity index (χ1) is 15.3. The van der Waals surface area contributed by atoms with Crippen molar-refractivity contribution in [2.45, 2.75) is 82.3 Å². The van der Waals surface area contributed by atoms with Gasteiger partial charge in [0.05, 0.1) is 16.5 Å². The minimum atomic E-state index is -3.80. The molecule has 0 unspecified atom stereocenters. The third-order valence-corrected chi connectivity index (χ3v) is 8.80. The Bertz CT molecular complexity index is 988. The molecule has 2 amide bonds. The highest BCUT2D eigenvalue weighted by atomic mass is 32.2. The van der Waals surface area contributed by atoms with E-state index in [-0.39, 0.29) is 35.2 Å². The first kappa shape index (κ1) is 23.0. The van der Waals surface area contributed by atoms with E-state index in [1.807, 2.05) is 6.92 Å². The number of sulfonamides is 1. The zero-order valence-corrected chi connectivity index (χ0v) is 19.7. The fourth-order valence-corrected chi connectivity index (χ4v) is 6.66. The number of carbonyl (C=O) groups is 2. The number of nitrogens with one attached hydrogen (secondary N) is 2. The van der Waals surface area contributed by atoms with Gasteiger partial charge in [0.25, 0.3) is 5.91 Å². The van der Waals surface area contributed by atoms with Gasteiger partial charge in [-0.15, -0.1) is 0 Å². The van der Waals surface area contributed by atoms with Crippen LogP contribution in [-0.2, 0) is 19.6 Å². The maximum atomic E-state index is 13.5. The van der Waals surface area contributed by atoms with Crippen LogP contribution in [0.3, 0.4) is 0 Å². The average molecular weight is 464 g/mol. The molecule has 2 fully saturated rings. The van der Waals surface area contributed by atoms with Gasteiger partial charge in [0.15, 0.2) is 6.10 Å². The Morgan fingerprint density at radius 2 is 1.94 bits per heavy atom. The molecule has 1 saturated carbocycles. The van der Waals surface area contributed by atoms with Gasteiger partial charge in [0, 0.05) is 25.2 Å². The Labute approximate surface area is 190 Å². The molecule has 2 aliphatic heterocycles. The summed E-state index contributed by atoms with van der Waals surface area (Å²) in [4.78, 5) is 25.1. The molecule has 2 heterocycles. The highest BCUT2D eigenvalue weighted by Gasteiger charge is 2.36. The number of nitrogens with zero attached hydrogens (tertiary/aromatic N) is 1. The number of anilines is 1. The molecule has 8 nitrogen and oxygen atoms in total. The maximum absolute atomic E-state index is 13.5. The van der Waals surface area contributed by atoms with Crippen molar-refractivity contribution in [1.82, 2.24) is 9.62 Å². The highest BCUT2D eigenvalue weighted by molar-refractivity contribution is 7.89. The van der Waals surface area contributed by atoms with Crippen LogP contribution in [0.5, 0.6) is 5.75 Å². The number of rotatable bonds is 5. The minimum absolute atomic E-state index is 0.0317. The Morgan fingerprint density at radius 1 is 1.19 bits per heavy atom. The lowest BCUT2D eigenvalue weighted by Crippen LogP contribution is -2.48. The topological polar surface area (TPSA) is 105 Å². The summed E-state index contributed by atoms with van der Waals surface area (Å²) in [5, 5.41) is 5.94. The molecule has 0 radical (unpaired) electrons. The Morgan fingerprint density at radius 3 is 2.66 bits per heavy atom. The second-order valence-corrected chi connectivity index (χ2v) is 11.1. The second-order valence-electron chi connectivity index (χ2n) is 9.16. The van der Waals surface area contributed by atoms with Crippen LogP contribution in [0.15, 0.2) is 17.0 Å². The molecule has 1 aromatic carbocycles. The summed E-state index contributed by atoms with van der Waals surface area (Å²) < 4.78 is 34.2. The van der Waals surface area contributed by atoms with Gasteiger partial charge in [-0.2, -0.15) is 4.31 Å². The Kier molecular flexibility index (Phi) is 6.76. The lowest BCUT2D eigenvalue weighted by Gasteiger charge is -2.33. The predicted molar refractivity (Wildman–Crippen MR) is 121 cm³/mol. The first-order valence-corrected chi connectivity index (χ1v) is 13.2. The summed E-state index contributed by atoms with van der Waals surface area (Å²) >= 11 is 0. The van der Waals surface area contributed by atoms with E-state index in [0.29, 0.717) is 42.8 Å². The van der Waals surface area contributed by atoms with Crippen LogP contribution >= 0.6 is 0 Å². The van der Waals surface area contributed by atoms with Gasteiger partial charge in [0.1, 0.15) is 5.75 Å². The van der Waals surface area contributed by atoms with Crippen LogP contribution in [-0.4, -0.2) is 49.8 Å². The summed E-state index contributed by atoms with van der Waals surface area (Å²) in [7, 11) is -3.80. The van der Waals surface area contributed by atoms with Crippen LogP contribution < -0.4 is 15.4 Å². The van der Waals surface area contributed by atoms with E-state index in [1.165, 1.54) is 16.8 Å². The monoisotopic (exact) mass is 463 g/mol. The van der Waals surface area contributed by atoms with Crippen LogP contribution in [0.4, 0.5) is 5.69 Å². The number of fused-ring (bicyclic) bond motifs is 1. The van der Waals surface area contributed by atoms with Crippen molar-refractivity contribution in [3.8, 4) is 5.75 Å². The molecular weight excluding hydrogens is 430 g/mol. The van der Waals surface area contributed by atoms with E-state index < -0.39 is 16.1 Å². The smallest absolute Gasteiger partial charge is 0.265 e. The molecule has 1 aliphatic carbocycles. The van der Waals surface area contributed by atoms with E-state index in [9.17, 15) is 18.0 Å². The number of ether oxygens (including phenoxy) is 1. The van der Waals surface area contributed by atoms with Crippen LogP contribution in [0.1, 0.15) is 63.9 Å². The van der Waals surface area contributed by atoms with Crippen molar-refractivity contribution < 1.29 is 22.7 Å². The summed E-state index contributed by atoms with van der Waals surface area (Å²) in [5.74, 6) is -0.226. The van der Waals surface area contributed by atoms with E-state index in [1.54, 1.807) is 13.0 Å². The normalized spacial score (nSPS) is 24.9. The number of hydrogen-bond donors (Lipinski definition) is 2. The van der Waals surface area contributed by atoms with Gasteiger partial charge >= 0.3 is 0 Å². The number of benzene rings is 1. The van der Waals surface area contributed by atoms with Crippen molar-refractivity contribution in [1.29, 1.82) is 0 Å². The minimum Gasteiger partial charge on any atom is -0.478 e. The van der Waals surface area contributed by atoms with Gasteiger partial charge in [-0.3, -0.25) is 9.59 Å². The zero-order valence-electron chi connectivity index (χ0n) is 18.9. The molecule has 1 aromatic rings. The predicted octanol–water partition coefficient (Wildman–Crippen LogP) is 2.95. The van der Waals surface area contributed by atoms with Crippen LogP contribution in [0.2, 0.25) is 0 Å². The van der Waals surface area contributed by atoms with Crippen LogP contribution in [0.25, 0.3) is 0 Å². The van der Waals surface area contributed by atoms with Crippen molar-refractivity contribution in [3.05, 3.63) is 17.7 Å². The fraction of sp³-hybridized carbons (Fsp3) is 0.652. The summed E-state index contributed by atoms with van der Waals surface area (Å²) in [6.45, 7) is 4.13. The third kappa shape index (κ3) is 4.64. The molecule has 9 heteroatoms. The number of carbonyl (C=O) groups excluding carboxylic acids is 2. The van der Waals surface area contributed by atoms with Gasteiger partial charge in [0.2, 0.25) is 15.9 Å². The molecule has 2 N–H and O–H groups in total. The van der Waals surface area contributed by atoms with Crippen LogP contribution in [0, 0.1) is 12.8 Å². The average Bonchev–Trinajstić information content (AvgIpc) is 2.79. The van der Waals surface area contributed by atoms with Gasteiger partial charge in [-0.05, 0) is 50.7 Å². The first-order valence-electron chi connectivity index (χ1n) is 11.7.